The summed E-state index contributed by atoms with van der Waals surface area (Å²) in [6, 6.07) is 8.89. The summed E-state index contributed by atoms with van der Waals surface area (Å²) in [6.45, 7) is 3.96. The van der Waals surface area contributed by atoms with Gasteiger partial charge in [0.1, 0.15) is 0 Å². The van der Waals surface area contributed by atoms with Crippen molar-refractivity contribution in [1.29, 1.82) is 0 Å². The summed E-state index contributed by atoms with van der Waals surface area (Å²) < 4.78 is 0. The lowest BCUT2D eigenvalue weighted by Gasteiger charge is -2.14. The summed E-state index contributed by atoms with van der Waals surface area (Å²) in [7, 11) is 0. The van der Waals surface area contributed by atoms with Gasteiger partial charge in [-0.25, -0.2) is 0 Å². The van der Waals surface area contributed by atoms with Crippen LogP contribution >= 0.6 is 0 Å². The van der Waals surface area contributed by atoms with E-state index in [0.717, 1.165) is 19.3 Å². The zero-order chi connectivity index (χ0) is 11.8. The van der Waals surface area contributed by atoms with Crippen molar-refractivity contribution < 1.29 is 0 Å². The van der Waals surface area contributed by atoms with E-state index in [1.807, 2.05) is 6.92 Å². The average Bonchev–Trinajstić information content (AvgIpc) is 2.31. The third-order valence-corrected chi connectivity index (χ3v) is 2.63. The SMILES string of the molecule is CC#CCCC(Cc1ccc(C)cc1)NN. The first-order valence-electron chi connectivity index (χ1n) is 5.67. The first-order chi connectivity index (χ1) is 7.76. The number of hydrogen-bond acceptors (Lipinski definition) is 2. The Labute approximate surface area is 98.2 Å². The van der Waals surface area contributed by atoms with Crippen molar-refractivity contribution in [3.63, 3.8) is 0 Å². The molecule has 0 bridgehead atoms. The molecule has 86 valence electrons. The molecule has 0 radical (unpaired) electrons. The molecular formula is C14H20N2. The Morgan fingerprint density at radius 3 is 2.56 bits per heavy atom. The molecule has 2 nitrogen and oxygen atoms in total. The lowest BCUT2D eigenvalue weighted by atomic mass is 10.0. The first kappa shape index (κ1) is 12.8. The Morgan fingerprint density at radius 2 is 2.00 bits per heavy atom. The van der Waals surface area contributed by atoms with E-state index < -0.39 is 0 Å². The minimum absolute atomic E-state index is 0.309. The fourth-order valence-electron chi connectivity index (χ4n) is 1.62. The number of benzene rings is 1. The van der Waals surface area contributed by atoms with Crippen molar-refractivity contribution in [3.05, 3.63) is 35.4 Å². The van der Waals surface area contributed by atoms with Crippen LogP contribution in [0.2, 0.25) is 0 Å². The molecule has 0 saturated carbocycles. The molecule has 0 heterocycles. The molecule has 0 spiro atoms. The first-order valence-corrected chi connectivity index (χ1v) is 5.67. The van der Waals surface area contributed by atoms with Crippen molar-refractivity contribution in [2.45, 2.75) is 39.2 Å². The number of hydrogen-bond donors (Lipinski definition) is 2. The number of hydrazine groups is 1. The summed E-state index contributed by atoms with van der Waals surface area (Å²) in [5, 5.41) is 0. The summed E-state index contributed by atoms with van der Waals surface area (Å²) in [5.41, 5.74) is 5.46. The van der Waals surface area contributed by atoms with Crippen LogP contribution in [-0.2, 0) is 6.42 Å². The monoisotopic (exact) mass is 216 g/mol. The Kier molecular flexibility index (Phi) is 5.63. The van der Waals surface area contributed by atoms with Crippen LogP contribution in [0.5, 0.6) is 0 Å². The molecule has 0 amide bonds. The second kappa shape index (κ2) is 7.05. The molecule has 3 N–H and O–H groups in total. The molecule has 0 aliphatic rings. The van der Waals surface area contributed by atoms with Crippen LogP contribution in [0.25, 0.3) is 0 Å². The van der Waals surface area contributed by atoms with Gasteiger partial charge in [-0.15, -0.1) is 11.8 Å². The lowest BCUT2D eigenvalue weighted by Crippen LogP contribution is -2.36. The number of rotatable bonds is 5. The maximum atomic E-state index is 5.53. The smallest absolute Gasteiger partial charge is 0.0259 e. The number of aryl methyl sites for hydroxylation is 1. The van der Waals surface area contributed by atoms with Crippen LogP contribution < -0.4 is 11.3 Å². The maximum Gasteiger partial charge on any atom is 0.0259 e. The molecule has 0 fully saturated rings. The van der Waals surface area contributed by atoms with Crippen molar-refractivity contribution in [1.82, 2.24) is 5.43 Å². The van der Waals surface area contributed by atoms with E-state index in [4.69, 9.17) is 5.84 Å². The topological polar surface area (TPSA) is 38.0 Å². The molecule has 1 rings (SSSR count). The van der Waals surface area contributed by atoms with Crippen LogP contribution in [-0.4, -0.2) is 6.04 Å². The lowest BCUT2D eigenvalue weighted by molar-refractivity contribution is 0.498. The highest BCUT2D eigenvalue weighted by Crippen LogP contribution is 2.08. The zero-order valence-corrected chi connectivity index (χ0v) is 10.1. The fourth-order valence-corrected chi connectivity index (χ4v) is 1.62. The molecular weight excluding hydrogens is 196 g/mol. The van der Waals surface area contributed by atoms with E-state index in [-0.39, 0.29) is 0 Å². The zero-order valence-electron chi connectivity index (χ0n) is 10.1. The van der Waals surface area contributed by atoms with Gasteiger partial charge >= 0.3 is 0 Å². The van der Waals surface area contributed by atoms with Gasteiger partial charge in [-0.1, -0.05) is 29.8 Å². The van der Waals surface area contributed by atoms with Crippen molar-refractivity contribution in [3.8, 4) is 11.8 Å². The number of nitrogens with two attached hydrogens (primary N) is 1. The van der Waals surface area contributed by atoms with Gasteiger partial charge in [0.25, 0.3) is 0 Å². The minimum Gasteiger partial charge on any atom is -0.271 e. The third kappa shape index (κ3) is 4.48. The van der Waals surface area contributed by atoms with Gasteiger partial charge in [0, 0.05) is 12.5 Å². The van der Waals surface area contributed by atoms with E-state index in [9.17, 15) is 0 Å². The standard InChI is InChI=1S/C14H20N2/c1-3-4-5-6-14(16-15)11-13-9-7-12(2)8-10-13/h7-10,14,16H,5-6,11,15H2,1-2H3. The molecule has 1 atom stereocenters. The summed E-state index contributed by atoms with van der Waals surface area (Å²) >= 11 is 0. The van der Waals surface area contributed by atoms with Gasteiger partial charge in [-0.2, -0.15) is 0 Å². The molecule has 0 saturated heterocycles. The van der Waals surface area contributed by atoms with Crippen molar-refractivity contribution in [2.75, 3.05) is 0 Å². The average molecular weight is 216 g/mol. The van der Waals surface area contributed by atoms with E-state index in [1.165, 1.54) is 11.1 Å². The minimum atomic E-state index is 0.309. The van der Waals surface area contributed by atoms with Gasteiger partial charge in [0.2, 0.25) is 0 Å². The molecule has 0 aliphatic heterocycles. The van der Waals surface area contributed by atoms with Crippen LogP contribution in [0.3, 0.4) is 0 Å². The van der Waals surface area contributed by atoms with Crippen molar-refractivity contribution >= 4 is 0 Å². The van der Waals surface area contributed by atoms with Crippen LogP contribution in [0.4, 0.5) is 0 Å². The molecule has 2 heteroatoms. The van der Waals surface area contributed by atoms with E-state index in [2.05, 4.69) is 48.5 Å². The number of nitrogens with one attached hydrogen (secondary N) is 1. The van der Waals surface area contributed by atoms with E-state index in [1.54, 1.807) is 0 Å². The Balaban J connectivity index is 2.48. The maximum absolute atomic E-state index is 5.53. The summed E-state index contributed by atoms with van der Waals surface area (Å²) in [6.07, 6.45) is 2.85. The largest absolute Gasteiger partial charge is 0.271 e. The normalized spacial score (nSPS) is 11.7. The second-order valence-corrected chi connectivity index (χ2v) is 4.02. The second-order valence-electron chi connectivity index (χ2n) is 4.02. The highest BCUT2D eigenvalue weighted by atomic mass is 15.2. The van der Waals surface area contributed by atoms with E-state index in [0.29, 0.717) is 6.04 Å². The summed E-state index contributed by atoms with van der Waals surface area (Å²) in [4.78, 5) is 0. The molecule has 1 aromatic carbocycles. The van der Waals surface area contributed by atoms with Crippen LogP contribution in [0, 0.1) is 18.8 Å². The van der Waals surface area contributed by atoms with Gasteiger partial charge in [0.15, 0.2) is 0 Å². The van der Waals surface area contributed by atoms with Gasteiger partial charge in [-0.05, 0) is 32.3 Å². The van der Waals surface area contributed by atoms with Crippen molar-refractivity contribution in [2.24, 2.45) is 5.84 Å². The Morgan fingerprint density at radius 1 is 1.31 bits per heavy atom. The van der Waals surface area contributed by atoms with Gasteiger partial charge < -0.3 is 0 Å². The highest BCUT2D eigenvalue weighted by molar-refractivity contribution is 5.22. The van der Waals surface area contributed by atoms with Gasteiger partial charge in [-0.3, -0.25) is 11.3 Å². The third-order valence-electron chi connectivity index (χ3n) is 2.63. The van der Waals surface area contributed by atoms with E-state index >= 15 is 0 Å². The molecule has 16 heavy (non-hydrogen) atoms. The molecule has 1 aromatic rings. The summed E-state index contributed by atoms with van der Waals surface area (Å²) in [5.74, 6) is 11.5. The predicted molar refractivity (Wildman–Crippen MR) is 68.7 cm³/mol. The predicted octanol–water partition coefficient (Wildman–Crippen LogP) is 2.17. The molecule has 0 aromatic heterocycles. The highest BCUT2D eigenvalue weighted by Gasteiger charge is 2.06. The Bertz CT molecular complexity index is 357. The Hall–Kier alpha value is -1.30. The van der Waals surface area contributed by atoms with Crippen LogP contribution in [0.15, 0.2) is 24.3 Å². The van der Waals surface area contributed by atoms with Gasteiger partial charge in [0.05, 0.1) is 0 Å². The molecule has 1 unspecified atom stereocenters. The molecule has 0 aliphatic carbocycles. The van der Waals surface area contributed by atoms with Crippen LogP contribution in [0.1, 0.15) is 30.9 Å². The fraction of sp³-hybridized carbons (Fsp3) is 0.429. The quantitative estimate of drug-likeness (QED) is 0.450.